The van der Waals surface area contributed by atoms with E-state index in [9.17, 15) is 0 Å². The van der Waals surface area contributed by atoms with E-state index in [1.807, 2.05) is 34.6 Å². The van der Waals surface area contributed by atoms with Gasteiger partial charge in [-0.15, -0.1) is 24.0 Å². The molecule has 0 bridgehead atoms. The molecule has 0 amide bonds. The zero-order chi connectivity index (χ0) is 11.2. The van der Waals surface area contributed by atoms with Crippen molar-refractivity contribution in [3.05, 3.63) is 0 Å². The molecule has 5 heteroatoms. The number of nitrogens with one attached hydrogen (secondary N) is 1. The van der Waals surface area contributed by atoms with Crippen molar-refractivity contribution in [1.82, 2.24) is 5.32 Å². The van der Waals surface area contributed by atoms with Gasteiger partial charge in [-0.3, -0.25) is 4.99 Å². The minimum absolute atomic E-state index is 0. The molecule has 0 aliphatic carbocycles. The Morgan fingerprint density at radius 2 is 1.93 bits per heavy atom. The molecule has 0 fully saturated rings. The lowest BCUT2D eigenvalue weighted by Gasteiger charge is -2.21. The van der Waals surface area contributed by atoms with Crippen LogP contribution in [0.2, 0.25) is 0 Å². The predicted molar refractivity (Wildman–Crippen MR) is 75.9 cm³/mol. The third-order valence-electron chi connectivity index (χ3n) is 1.33. The summed E-state index contributed by atoms with van der Waals surface area (Å²) in [4.78, 5) is 4.14. The van der Waals surface area contributed by atoms with E-state index >= 15 is 0 Å². The van der Waals surface area contributed by atoms with Gasteiger partial charge in [-0.25, -0.2) is 0 Å². The van der Waals surface area contributed by atoms with E-state index in [0.717, 1.165) is 0 Å². The Morgan fingerprint density at radius 3 is 2.33 bits per heavy atom. The van der Waals surface area contributed by atoms with E-state index in [-0.39, 0.29) is 35.6 Å². The first kappa shape index (κ1) is 17.4. The highest BCUT2D eigenvalue weighted by molar-refractivity contribution is 14.0. The van der Waals surface area contributed by atoms with Gasteiger partial charge in [0.15, 0.2) is 5.96 Å². The highest BCUT2D eigenvalue weighted by Gasteiger charge is 2.09. The summed E-state index contributed by atoms with van der Waals surface area (Å²) >= 11 is 0. The number of hydrogen-bond acceptors (Lipinski definition) is 2. The Hall–Kier alpha value is -0.0400. The maximum atomic E-state index is 5.66. The molecule has 0 aromatic rings. The molecule has 0 saturated heterocycles. The highest BCUT2D eigenvalue weighted by Crippen LogP contribution is 1.96. The largest absolute Gasteiger partial charge is 0.377 e. The molecular weight excluding hydrogens is 305 g/mol. The van der Waals surface area contributed by atoms with Gasteiger partial charge in [-0.1, -0.05) is 0 Å². The van der Waals surface area contributed by atoms with Crippen LogP contribution in [0, 0.1) is 0 Å². The topological polar surface area (TPSA) is 59.6 Å². The van der Waals surface area contributed by atoms with E-state index in [1.165, 1.54) is 0 Å². The van der Waals surface area contributed by atoms with Crippen LogP contribution in [0.4, 0.5) is 0 Å². The number of nitrogens with zero attached hydrogens (tertiary/aromatic N) is 1. The molecule has 0 aromatic heterocycles. The van der Waals surface area contributed by atoms with E-state index in [4.69, 9.17) is 10.5 Å². The molecule has 92 valence electrons. The summed E-state index contributed by atoms with van der Waals surface area (Å²) in [5.41, 5.74) is 5.62. The highest BCUT2D eigenvalue weighted by atomic mass is 127. The third-order valence-corrected chi connectivity index (χ3v) is 1.33. The van der Waals surface area contributed by atoms with Gasteiger partial charge < -0.3 is 15.8 Å². The first-order valence-corrected chi connectivity index (χ1v) is 5.01. The summed E-state index contributed by atoms with van der Waals surface area (Å²) in [5.74, 6) is 0.477. The fourth-order valence-electron chi connectivity index (χ4n) is 0.878. The smallest absolute Gasteiger partial charge is 0.189 e. The minimum Gasteiger partial charge on any atom is -0.377 e. The normalized spacial score (nSPS) is 12.5. The fraction of sp³-hybridized carbons (Fsp3) is 0.900. The molecule has 0 aliphatic rings. The fourth-order valence-corrected chi connectivity index (χ4v) is 0.878. The van der Waals surface area contributed by atoms with Crippen LogP contribution in [0.3, 0.4) is 0 Å². The molecule has 0 saturated carbocycles. The lowest BCUT2D eigenvalue weighted by molar-refractivity contribution is 0.0853. The van der Waals surface area contributed by atoms with E-state index in [2.05, 4.69) is 10.3 Å². The number of hydrogen-bond donors (Lipinski definition) is 2. The Morgan fingerprint density at radius 1 is 1.40 bits per heavy atom. The van der Waals surface area contributed by atoms with E-state index in [0.29, 0.717) is 19.1 Å². The number of aliphatic imine (C=N–C) groups is 1. The Bertz CT molecular complexity index is 188. The average molecular weight is 329 g/mol. The van der Waals surface area contributed by atoms with Gasteiger partial charge in [-0.2, -0.15) is 0 Å². The monoisotopic (exact) mass is 329 g/mol. The van der Waals surface area contributed by atoms with Crippen LogP contribution >= 0.6 is 24.0 Å². The van der Waals surface area contributed by atoms with E-state index < -0.39 is 0 Å². The Kier molecular flexibility index (Phi) is 9.43. The molecule has 0 radical (unpaired) electrons. The molecule has 0 heterocycles. The van der Waals surface area contributed by atoms with Crippen LogP contribution in [0.1, 0.15) is 34.6 Å². The Balaban J connectivity index is 0. The summed E-state index contributed by atoms with van der Waals surface area (Å²) < 4.78 is 5.33. The molecule has 0 aromatic carbocycles. The van der Waals surface area contributed by atoms with Crippen LogP contribution < -0.4 is 11.1 Å². The maximum absolute atomic E-state index is 5.66. The zero-order valence-electron chi connectivity index (χ0n) is 10.3. The molecule has 0 spiro atoms. The van der Waals surface area contributed by atoms with Gasteiger partial charge in [0.1, 0.15) is 0 Å². The van der Waals surface area contributed by atoms with Crippen LogP contribution in [-0.2, 0) is 4.74 Å². The summed E-state index contributed by atoms with van der Waals surface area (Å²) in [6.07, 6.45) is 0.252. The van der Waals surface area contributed by atoms with Gasteiger partial charge in [-0.05, 0) is 34.6 Å². The second kappa shape index (κ2) is 8.15. The Labute approximate surface area is 110 Å². The molecule has 0 atom stereocenters. The summed E-state index contributed by atoms with van der Waals surface area (Å²) in [6, 6.07) is 0. The lowest BCUT2D eigenvalue weighted by atomic mass is 10.1. The molecular formula is C10H24IN3O. The van der Waals surface area contributed by atoms with Crippen molar-refractivity contribution in [2.24, 2.45) is 10.7 Å². The second-order valence-corrected chi connectivity index (χ2v) is 4.56. The number of guanidine groups is 1. The van der Waals surface area contributed by atoms with Crippen LogP contribution in [0.25, 0.3) is 0 Å². The van der Waals surface area contributed by atoms with Crippen molar-refractivity contribution in [2.75, 3.05) is 13.2 Å². The SMILES string of the molecule is CC(C)OCCN=C(N)NC(C)(C)C.I. The molecule has 4 nitrogen and oxygen atoms in total. The summed E-state index contributed by atoms with van der Waals surface area (Å²) in [6.45, 7) is 11.3. The van der Waals surface area contributed by atoms with Gasteiger partial charge in [0.25, 0.3) is 0 Å². The molecule has 15 heavy (non-hydrogen) atoms. The quantitative estimate of drug-likeness (QED) is 0.357. The average Bonchev–Trinajstić information content (AvgIpc) is 1.94. The van der Waals surface area contributed by atoms with E-state index in [1.54, 1.807) is 0 Å². The summed E-state index contributed by atoms with van der Waals surface area (Å²) in [7, 11) is 0. The van der Waals surface area contributed by atoms with Crippen molar-refractivity contribution < 1.29 is 4.74 Å². The number of halogens is 1. The first-order valence-electron chi connectivity index (χ1n) is 5.01. The standard InChI is InChI=1S/C10H23N3O.HI/c1-8(2)14-7-6-12-9(11)13-10(3,4)5;/h8H,6-7H2,1-5H3,(H3,11,12,13);1H. The van der Waals surface area contributed by atoms with Crippen molar-refractivity contribution >= 4 is 29.9 Å². The molecule has 0 aliphatic heterocycles. The van der Waals surface area contributed by atoms with Crippen molar-refractivity contribution in [1.29, 1.82) is 0 Å². The number of rotatable bonds is 4. The van der Waals surface area contributed by atoms with Crippen molar-refractivity contribution in [3.8, 4) is 0 Å². The van der Waals surface area contributed by atoms with Crippen molar-refractivity contribution in [3.63, 3.8) is 0 Å². The van der Waals surface area contributed by atoms with Crippen LogP contribution in [0.5, 0.6) is 0 Å². The molecule has 3 N–H and O–H groups in total. The van der Waals surface area contributed by atoms with Gasteiger partial charge in [0, 0.05) is 5.54 Å². The van der Waals surface area contributed by atoms with Gasteiger partial charge >= 0.3 is 0 Å². The summed E-state index contributed by atoms with van der Waals surface area (Å²) in [5, 5.41) is 3.08. The zero-order valence-corrected chi connectivity index (χ0v) is 12.7. The second-order valence-electron chi connectivity index (χ2n) is 4.56. The minimum atomic E-state index is -0.0352. The van der Waals surface area contributed by atoms with Crippen molar-refractivity contribution in [2.45, 2.75) is 46.3 Å². The predicted octanol–water partition coefficient (Wildman–Crippen LogP) is 1.73. The molecule has 0 rings (SSSR count). The van der Waals surface area contributed by atoms with Gasteiger partial charge in [0.05, 0.1) is 19.3 Å². The third kappa shape index (κ3) is 14.0. The maximum Gasteiger partial charge on any atom is 0.189 e. The first-order chi connectivity index (χ1) is 6.31. The van der Waals surface area contributed by atoms with Crippen LogP contribution in [-0.4, -0.2) is 30.8 Å². The van der Waals surface area contributed by atoms with Crippen LogP contribution in [0.15, 0.2) is 4.99 Å². The van der Waals surface area contributed by atoms with Gasteiger partial charge in [0.2, 0.25) is 0 Å². The number of ether oxygens (including phenoxy) is 1. The molecule has 0 unspecified atom stereocenters. The lowest BCUT2D eigenvalue weighted by Crippen LogP contribution is -2.45. The number of nitrogens with two attached hydrogens (primary N) is 1.